The Labute approximate surface area is 476 Å². The van der Waals surface area contributed by atoms with E-state index >= 15 is 0 Å². The van der Waals surface area contributed by atoms with Gasteiger partial charge in [-0.2, -0.15) is 0 Å². The van der Waals surface area contributed by atoms with Gasteiger partial charge < -0.3 is 9.47 Å². The van der Waals surface area contributed by atoms with Gasteiger partial charge in [-0.1, -0.05) is 207 Å². The summed E-state index contributed by atoms with van der Waals surface area (Å²) < 4.78 is 14.4. The molecule has 4 heterocycles. The van der Waals surface area contributed by atoms with Crippen molar-refractivity contribution in [3.63, 3.8) is 0 Å². The third-order valence-electron chi connectivity index (χ3n) is 19.3. The van der Waals surface area contributed by atoms with Crippen molar-refractivity contribution < 1.29 is 9.47 Å². The van der Waals surface area contributed by atoms with Gasteiger partial charge in [-0.25, -0.2) is 0 Å². The molecule has 0 N–H and O–H groups in total. The van der Waals surface area contributed by atoms with Gasteiger partial charge in [0.1, 0.15) is 23.0 Å². The molecule has 10 aromatic carbocycles. The Morgan fingerprint density at radius 2 is 0.600 bits per heavy atom. The highest BCUT2D eigenvalue weighted by atomic mass is 16.5. The molecule has 0 atom stereocenters. The average molecular weight is 1040 g/mol. The second kappa shape index (κ2) is 18.2. The first kappa shape index (κ1) is 51.1. The van der Waals surface area contributed by atoms with Crippen molar-refractivity contribution in [2.24, 2.45) is 0 Å². The molecule has 4 heteroatoms. The van der Waals surface area contributed by atoms with Gasteiger partial charge >= 0.3 is 0 Å². The topological polar surface area (TPSA) is 18.5 Å². The van der Waals surface area contributed by atoms with E-state index in [0.717, 1.165) is 23.0 Å². The van der Waals surface area contributed by atoms with Gasteiger partial charge in [-0.3, -0.25) is 0 Å². The van der Waals surface area contributed by atoms with Gasteiger partial charge in [0.2, 0.25) is 0 Å². The molecule has 0 aliphatic carbocycles. The van der Waals surface area contributed by atoms with Crippen LogP contribution in [0, 0.1) is 0 Å². The van der Waals surface area contributed by atoms with Crippen LogP contribution in [-0.4, -0.2) is 13.4 Å². The number of benzene rings is 10. The fraction of sp³-hybridized carbons (Fsp3) is 0.316. The Kier molecular flexibility index (Phi) is 11.7. The van der Waals surface area contributed by atoms with Crippen molar-refractivity contribution in [3.05, 3.63) is 166 Å². The van der Waals surface area contributed by atoms with Crippen LogP contribution in [0.2, 0.25) is 0 Å². The summed E-state index contributed by atoms with van der Waals surface area (Å²) in [6, 6.07) is 48.7. The molecule has 0 bridgehead atoms. The minimum atomic E-state index is -0.0319. The predicted molar refractivity (Wildman–Crippen MR) is 347 cm³/mol. The molecule has 0 aromatic heterocycles. The normalized spacial score (nSPS) is 13.8. The highest BCUT2D eigenvalue weighted by Crippen LogP contribution is 2.54. The molecule has 398 valence electrons. The fourth-order valence-electron chi connectivity index (χ4n) is 15.1. The summed E-state index contributed by atoms with van der Waals surface area (Å²) in [7, 11) is 0. The first-order valence-electron chi connectivity index (χ1n) is 30.4. The molecule has 0 amide bonds. The first-order chi connectivity index (χ1) is 38.3. The summed E-state index contributed by atoms with van der Waals surface area (Å²) in [4.78, 5) is 0. The van der Waals surface area contributed by atoms with Crippen LogP contribution in [0.15, 0.2) is 121 Å². The number of para-hydroxylation sites is 2. The Hall–Kier alpha value is -7.03. The lowest BCUT2D eigenvalue weighted by atomic mass is 9.31. The minimum Gasteiger partial charge on any atom is -0.458 e. The van der Waals surface area contributed by atoms with E-state index in [4.69, 9.17) is 9.47 Å². The van der Waals surface area contributed by atoms with E-state index in [1.165, 1.54) is 154 Å². The summed E-state index contributed by atoms with van der Waals surface area (Å²) in [5, 5.41) is 8.28. The van der Waals surface area contributed by atoms with E-state index in [0.29, 0.717) is 47.3 Å². The van der Waals surface area contributed by atoms with E-state index in [-0.39, 0.29) is 13.4 Å². The van der Waals surface area contributed by atoms with Crippen LogP contribution in [0.5, 0.6) is 23.0 Å². The van der Waals surface area contributed by atoms with Crippen molar-refractivity contribution in [1.29, 1.82) is 0 Å². The van der Waals surface area contributed by atoms with E-state index in [2.05, 4.69) is 232 Å². The van der Waals surface area contributed by atoms with Gasteiger partial charge in [-0.15, -0.1) is 0 Å². The maximum Gasteiger partial charge on any atom is 0.252 e. The summed E-state index contributed by atoms with van der Waals surface area (Å²) >= 11 is 0. The molecule has 0 radical (unpaired) electrons. The quantitative estimate of drug-likeness (QED) is 0.100. The van der Waals surface area contributed by atoms with Crippen molar-refractivity contribution in [2.75, 3.05) is 0 Å². The minimum absolute atomic E-state index is 0.0319. The summed E-state index contributed by atoms with van der Waals surface area (Å²) in [6.07, 6.45) is 0. The molecule has 80 heavy (non-hydrogen) atoms. The lowest BCUT2D eigenvalue weighted by molar-refractivity contribution is 0.486. The van der Waals surface area contributed by atoms with Crippen molar-refractivity contribution in [2.45, 2.75) is 158 Å². The predicted octanol–water partition coefficient (Wildman–Crippen LogP) is 18.1. The molecule has 0 saturated carbocycles. The average Bonchev–Trinajstić information content (AvgIpc) is 3.60. The van der Waals surface area contributed by atoms with Crippen LogP contribution < -0.4 is 42.3 Å². The second-order valence-corrected chi connectivity index (χ2v) is 27.0. The Morgan fingerprint density at radius 3 is 0.925 bits per heavy atom. The Morgan fingerprint density at radius 1 is 0.275 bits per heavy atom. The number of rotatable bonds is 10. The van der Waals surface area contributed by atoms with E-state index in [1.807, 2.05) is 0 Å². The Balaban J connectivity index is 1.29. The molecule has 4 aliphatic heterocycles. The number of fused-ring (bicyclic) bond motifs is 8. The van der Waals surface area contributed by atoms with Crippen LogP contribution in [0.3, 0.4) is 0 Å². The zero-order valence-electron chi connectivity index (χ0n) is 50.1. The number of ether oxygens (including phenoxy) is 2. The van der Waals surface area contributed by atoms with Crippen molar-refractivity contribution >= 4 is 78.5 Å². The van der Waals surface area contributed by atoms with Crippen molar-refractivity contribution in [3.8, 4) is 67.5 Å². The second-order valence-electron chi connectivity index (χ2n) is 27.0. The fourth-order valence-corrected chi connectivity index (χ4v) is 15.1. The lowest BCUT2D eigenvalue weighted by Gasteiger charge is -2.38. The molecule has 14 rings (SSSR count). The van der Waals surface area contributed by atoms with Crippen LogP contribution in [0.1, 0.15) is 203 Å². The molecule has 2 nitrogen and oxygen atoms in total. The zero-order chi connectivity index (χ0) is 55.8. The summed E-state index contributed by atoms with van der Waals surface area (Å²) in [5.74, 6) is 6.47. The molecule has 4 aliphatic rings. The van der Waals surface area contributed by atoms with E-state index < -0.39 is 0 Å². The Bertz CT molecular complexity index is 3940. The van der Waals surface area contributed by atoms with Gasteiger partial charge in [0, 0.05) is 0 Å². The highest BCUT2D eigenvalue weighted by Gasteiger charge is 2.45. The molecule has 0 saturated heterocycles. The van der Waals surface area contributed by atoms with Crippen LogP contribution in [-0.2, 0) is 0 Å². The van der Waals surface area contributed by atoms with Crippen LogP contribution in [0.25, 0.3) is 76.8 Å². The first-order valence-corrected chi connectivity index (χ1v) is 30.4. The summed E-state index contributed by atoms with van der Waals surface area (Å²) in [6.45, 7) is 38.1. The lowest BCUT2D eigenvalue weighted by Crippen LogP contribution is -2.58. The van der Waals surface area contributed by atoms with Gasteiger partial charge in [0.25, 0.3) is 13.4 Å². The van der Waals surface area contributed by atoms with Gasteiger partial charge in [0.15, 0.2) is 0 Å². The van der Waals surface area contributed by atoms with Gasteiger partial charge in [0.05, 0.1) is 0 Å². The van der Waals surface area contributed by atoms with Gasteiger partial charge in [-0.05, 0) is 227 Å². The third kappa shape index (κ3) is 7.25. The van der Waals surface area contributed by atoms with E-state index in [1.54, 1.807) is 0 Å². The molecule has 0 fully saturated rings. The third-order valence-corrected chi connectivity index (χ3v) is 19.3. The SMILES string of the molecule is CC(C)c1cc2c3c(c1)-c1cc(-c4c(C(C)C)cc(C(C)C)cc4C(C)C)c4cc5c6c(cc(-c7c(C(C)C)cc(C(C)C)cc7C(C)C)c7cc(c1c4c76)B3c1ccccc1O2)-c1cc(C(C)C)cc2c1B5c1ccccc1O2. The molecular weight excluding hydrogens is 966 g/mol. The standard InChI is InChI=1S/C76H76B2O2/c1-37(2)45-25-49(41(9)10)69(50(26-45)42(11)12)53-33-55-59-29-47(39(5)6)31-67-75(59)78(62-22-18-20-24-66(62)79-67)64-36-58-54(70-51(43(13)14)27-46(38(3)4)28-52(70)44(15)16)34-56-60-30-48(40(7)8)32-68-76(60)77(61-21-17-19-23-65(61)80-68)63-35-57(53)73(71(55)64)74(58)72(56)63/h17-44H,1-16H3. The highest BCUT2D eigenvalue weighted by molar-refractivity contribution is 7.01. The maximum atomic E-state index is 7.19. The molecule has 0 spiro atoms. The summed E-state index contributed by atoms with van der Waals surface area (Å²) in [5.41, 5.74) is 29.8. The molecular formula is C76H76B2O2. The number of hydrogen-bond donors (Lipinski definition) is 0. The van der Waals surface area contributed by atoms with Crippen LogP contribution >= 0.6 is 0 Å². The smallest absolute Gasteiger partial charge is 0.252 e. The number of hydrogen-bond acceptors (Lipinski definition) is 2. The zero-order valence-corrected chi connectivity index (χ0v) is 50.1. The largest absolute Gasteiger partial charge is 0.458 e. The molecule has 10 aromatic rings. The van der Waals surface area contributed by atoms with Crippen molar-refractivity contribution in [1.82, 2.24) is 0 Å². The maximum absolute atomic E-state index is 7.19. The monoisotopic (exact) mass is 1040 g/mol. The van der Waals surface area contributed by atoms with E-state index in [9.17, 15) is 0 Å². The molecule has 0 unspecified atom stereocenters. The van der Waals surface area contributed by atoms with Crippen LogP contribution in [0.4, 0.5) is 0 Å².